The van der Waals surface area contributed by atoms with E-state index in [1.165, 1.54) is 6.20 Å². The number of ether oxygens (including phenoxy) is 2. The molecule has 0 fully saturated rings. The number of amides is 2. The van der Waals surface area contributed by atoms with Crippen molar-refractivity contribution in [3.63, 3.8) is 0 Å². The van der Waals surface area contributed by atoms with Gasteiger partial charge < -0.3 is 14.8 Å². The average Bonchev–Trinajstić information content (AvgIpc) is 3.20. The molecule has 3 N–H and O–H groups in total. The number of benzene rings is 1. The number of nitrogens with one attached hydrogen (secondary N) is 1. The predicted octanol–water partition coefficient (Wildman–Crippen LogP) is 2.77. The first kappa shape index (κ1) is 20.5. The number of aryl methyl sites for hydroxylation is 2. The average molecular weight is 455 g/mol. The number of urea groups is 1. The first-order chi connectivity index (χ1) is 15.5. The van der Waals surface area contributed by atoms with E-state index in [9.17, 15) is 9.00 Å². The topological polar surface area (TPSA) is 134 Å². The summed E-state index contributed by atoms with van der Waals surface area (Å²) in [7, 11) is -2.00. The van der Waals surface area contributed by atoms with Crippen molar-refractivity contribution in [2.45, 2.75) is 30.7 Å². The Morgan fingerprint density at radius 2 is 2.22 bits per heavy atom. The van der Waals surface area contributed by atoms with E-state index < -0.39 is 15.9 Å². The molecule has 10 nitrogen and oxygen atoms in total. The molecule has 0 radical (unpaired) electrons. The Kier molecular flexibility index (Phi) is 5.06. The van der Waals surface area contributed by atoms with Crippen molar-refractivity contribution in [1.82, 2.24) is 14.8 Å². The van der Waals surface area contributed by atoms with E-state index in [4.69, 9.17) is 14.6 Å². The van der Waals surface area contributed by atoms with Crippen LogP contribution in [-0.2, 0) is 29.3 Å². The number of rotatable bonds is 4. The van der Waals surface area contributed by atoms with E-state index in [0.29, 0.717) is 30.6 Å². The number of carbonyl (C=O) groups excluding carboxylic acids is 1. The van der Waals surface area contributed by atoms with E-state index in [1.807, 2.05) is 18.2 Å². The Bertz CT molecular complexity index is 1340. The summed E-state index contributed by atoms with van der Waals surface area (Å²) in [6.45, 7) is 1.10. The van der Waals surface area contributed by atoms with Crippen LogP contribution in [-0.4, -0.2) is 38.7 Å². The Hall–Kier alpha value is -3.44. The van der Waals surface area contributed by atoms with Gasteiger partial charge >= 0.3 is 6.03 Å². The summed E-state index contributed by atoms with van der Waals surface area (Å²) in [4.78, 5) is 17.1. The summed E-state index contributed by atoms with van der Waals surface area (Å²) in [5.41, 5.74) is 4.42. The minimum Gasteiger partial charge on any atom is -0.481 e. The monoisotopic (exact) mass is 454 g/mol. The van der Waals surface area contributed by atoms with Gasteiger partial charge in [0.25, 0.3) is 0 Å². The summed E-state index contributed by atoms with van der Waals surface area (Å²) >= 11 is 0. The maximum atomic E-state index is 13.1. The number of methoxy groups -OCH3 is 1. The lowest BCUT2D eigenvalue weighted by Crippen LogP contribution is -2.22. The molecule has 0 bridgehead atoms. The second-order valence-electron chi connectivity index (χ2n) is 7.54. The number of carbonyl (C=O) groups is 1. The molecule has 1 atom stereocenters. The molecule has 2 aromatic heterocycles. The lowest BCUT2D eigenvalue weighted by atomic mass is 9.84. The van der Waals surface area contributed by atoms with Crippen LogP contribution >= 0.6 is 0 Å². The molecular weight excluding hydrogens is 432 g/mol. The molecule has 32 heavy (non-hydrogen) atoms. The van der Waals surface area contributed by atoms with Gasteiger partial charge in [-0.1, -0.05) is 12.1 Å². The second kappa shape index (κ2) is 7.92. The van der Waals surface area contributed by atoms with Crippen LogP contribution in [0.1, 0.15) is 17.5 Å². The van der Waals surface area contributed by atoms with Gasteiger partial charge in [0.2, 0.25) is 11.8 Å². The van der Waals surface area contributed by atoms with E-state index >= 15 is 0 Å². The van der Waals surface area contributed by atoms with Gasteiger partial charge in [0, 0.05) is 30.8 Å². The number of hydrogen-bond donors (Lipinski definition) is 2. The molecule has 0 saturated carbocycles. The van der Waals surface area contributed by atoms with Gasteiger partial charge in [-0.25, -0.2) is 23.8 Å². The summed E-state index contributed by atoms with van der Waals surface area (Å²) in [6.07, 6.45) is 5.54. The van der Waals surface area contributed by atoms with Crippen LogP contribution in [0, 0.1) is 0 Å². The Balaban J connectivity index is 1.50. The number of hydrogen-bond acceptors (Lipinski definition) is 6. The van der Waals surface area contributed by atoms with Crippen molar-refractivity contribution in [2.24, 2.45) is 9.50 Å². The van der Waals surface area contributed by atoms with E-state index in [1.54, 1.807) is 24.1 Å². The maximum absolute atomic E-state index is 13.1. The highest BCUT2D eigenvalue weighted by molar-refractivity contribution is 7.91. The van der Waals surface area contributed by atoms with Gasteiger partial charge in [0.15, 0.2) is 9.92 Å². The van der Waals surface area contributed by atoms with Crippen LogP contribution in [0.15, 0.2) is 45.9 Å². The van der Waals surface area contributed by atoms with Gasteiger partial charge in [0.05, 0.1) is 25.6 Å². The van der Waals surface area contributed by atoms with Crippen molar-refractivity contribution >= 4 is 21.6 Å². The van der Waals surface area contributed by atoms with E-state index in [0.717, 1.165) is 41.5 Å². The normalized spacial score (nSPS) is 15.9. The van der Waals surface area contributed by atoms with Gasteiger partial charge in [0.1, 0.15) is 4.90 Å². The number of nitrogens with two attached hydrogens (primary N) is 1. The van der Waals surface area contributed by atoms with Crippen LogP contribution < -0.4 is 19.9 Å². The highest BCUT2D eigenvalue weighted by Crippen LogP contribution is 2.39. The van der Waals surface area contributed by atoms with Crippen LogP contribution in [0.25, 0.3) is 11.1 Å². The molecule has 3 aromatic rings. The van der Waals surface area contributed by atoms with Crippen molar-refractivity contribution in [3.05, 3.63) is 47.8 Å². The number of aromatic nitrogens is 3. The molecule has 1 aliphatic heterocycles. The second-order valence-corrected chi connectivity index (χ2v) is 9.30. The summed E-state index contributed by atoms with van der Waals surface area (Å²) in [5.74, 6) is 0.761. The molecule has 1 aromatic carbocycles. The maximum Gasteiger partial charge on any atom is 0.354 e. The highest BCUT2D eigenvalue weighted by Gasteiger charge is 2.26. The zero-order valence-corrected chi connectivity index (χ0v) is 18.2. The third kappa shape index (κ3) is 3.59. The van der Waals surface area contributed by atoms with Crippen LogP contribution in [0.2, 0.25) is 0 Å². The molecular formula is C21H22N6O4S. The number of nitrogens with zero attached hydrogens (tertiary/aromatic N) is 4. The van der Waals surface area contributed by atoms with Crippen molar-refractivity contribution in [1.29, 1.82) is 0 Å². The number of fused-ring (bicyclic) bond motifs is 2. The highest BCUT2D eigenvalue weighted by atomic mass is 32.2. The fraction of sp³-hybridized carbons (Fsp3) is 0.286. The third-order valence-corrected chi connectivity index (χ3v) is 6.93. The van der Waals surface area contributed by atoms with Gasteiger partial charge in [-0.2, -0.15) is 5.10 Å². The largest absolute Gasteiger partial charge is 0.481 e. The van der Waals surface area contributed by atoms with Crippen molar-refractivity contribution in [3.8, 4) is 22.9 Å². The lowest BCUT2D eigenvalue weighted by molar-refractivity contribution is 0.224. The van der Waals surface area contributed by atoms with Crippen LogP contribution in [0.4, 0.5) is 10.5 Å². The molecule has 2 amide bonds. The lowest BCUT2D eigenvalue weighted by Gasteiger charge is -2.25. The molecule has 166 valence electrons. The predicted molar refractivity (Wildman–Crippen MR) is 118 cm³/mol. The van der Waals surface area contributed by atoms with Gasteiger partial charge in [-0.15, -0.1) is 4.36 Å². The first-order valence-electron chi connectivity index (χ1n) is 10.2. The van der Waals surface area contributed by atoms with Crippen LogP contribution in [0.5, 0.6) is 11.8 Å². The molecule has 1 aliphatic carbocycles. The molecule has 0 unspecified atom stereocenters. The fourth-order valence-corrected chi connectivity index (χ4v) is 4.92. The number of anilines is 1. The summed E-state index contributed by atoms with van der Waals surface area (Å²) in [5, 5.41) is 12.9. The summed E-state index contributed by atoms with van der Waals surface area (Å²) < 4.78 is 29.3. The zero-order valence-electron chi connectivity index (χ0n) is 17.4. The van der Waals surface area contributed by atoms with E-state index in [-0.39, 0.29) is 4.90 Å². The first-order valence-corrected chi connectivity index (χ1v) is 11.7. The Morgan fingerprint density at radius 3 is 3.00 bits per heavy atom. The van der Waals surface area contributed by atoms with Crippen LogP contribution in [0.3, 0.4) is 0 Å². The SMILES string of the molecule is COc1cc(-c2ccc3c(c2NC(=O)N=[S@@](N)(=O)c2cnn4c2OCCC4)CC3)ccn1. The molecule has 2 aliphatic rings. The quantitative estimate of drug-likeness (QED) is 0.623. The smallest absolute Gasteiger partial charge is 0.354 e. The van der Waals surface area contributed by atoms with Crippen molar-refractivity contribution in [2.75, 3.05) is 19.0 Å². The standard InChI is InChI=1S/C21H22N6O4S/c1-30-18-11-14(7-8-23-18)16-6-4-13-3-5-15(13)19(16)25-21(28)26-32(22,29)17-12-24-27-9-2-10-31-20(17)27/h4,6-8,11-12H,2-3,5,9-10H2,1H3,(H3,22,25,26,28,29)/t32-/m1/s1. The summed E-state index contributed by atoms with van der Waals surface area (Å²) in [6, 6.07) is 6.80. The molecule has 0 saturated heterocycles. The minimum atomic E-state index is -3.55. The third-order valence-electron chi connectivity index (χ3n) is 5.59. The molecule has 5 rings (SSSR count). The molecule has 0 spiro atoms. The Labute approximate surface area is 185 Å². The molecule has 3 heterocycles. The fourth-order valence-electron chi connectivity index (χ4n) is 3.91. The number of pyridine rings is 1. The van der Waals surface area contributed by atoms with Gasteiger partial charge in [-0.05, 0) is 35.6 Å². The molecule has 11 heteroatoms. The Morgan fingerprint density at radius 1 is 1.34 bits per heavy atom. The zero-order chi connectivity index (χ0) is 22.3. The van der Waals surface area contributed by atoms with Crippen molar-refractivity contribution < 1.29 is 18.5 Å². The van der Waals surface area contributed by atoms with Gasteiger partial charge in [-0.3, -0.25) is 0 Å². The van der Waals surface area contributed by atoms with E-state index in [2.05, 4.69) is 19.8 Å². The minimum absolute atomic E-state index is 0.118.